The molecule has 0 fully saturated rings. The maximum atomic E-state index is 2.35. The molecular formula is C12H20. The van der Waals surface area contributed by atoms with E-state index in [4.69, 9.17) is 0 Å². The highest BCUT2D eigenvalue weighted by molar-refractivity contribution is 5.19. The first-order valence-electron chi connectivity index (χ1n) is 5.05. The van der Waals surface area contributed by atoms with Gasteiger partial charge in [0.2, 0.25) is 0 Å². The largest absolute Gasteiger partial charge is 0.0842 e. The van der Waals surface area contributed by atoms with Crippen LogP contribution in [0.4, 0.5) is 0 Å². The number of hydrogen-bond acceptors (Lipinski definition) is 0. The third-order valence-corrected chi connectivity index (χ3v) is 2.50. The van der Waals surface area contributed by atoms with E-state index in [0.29, 0.717) is 0 Å². The predicted octanol–water partition coefficient (Wildman–Crippen LogP) is 3.95. The lowest BCUT2D eigenvalue weighted by molar-refractivity contribution is 0.475. The first-order valence-corrected chi connectivity index (χ1v) is 5.05. The Labute approximate surface area is 76.4 Å². The van der Waals surface area contributed by atoms with Gasteiger partial charge < -0.3 is 0 Å². The molecule has 1 aliphatic rings. The molecule has 1 rings (SSSR count). The van der Waals surface area contributed by atoms with Crippen LogP contribution in [0, 0.1) is 11.8 Å². The lowest BCUT2D eigenvalue weighted by Crippen LogP contribution is -2.04. The highest BCUT2D eigenvalue weighted by atomic mass is 14.2. The van der Waals surface area contributed by atoms with E-state index in [2.05, 4.69) is 39.0 Å². The molecule has 0 aromatic rings. The molecule has 0 bridgehead atoms. The van der Waals surface area contributed by atoms with Crippen LogP contribution in [0.15, 0.2) is 23.8 Å². The maximum absolute atomic E-state index is 2.35. The Kier molecular flexibility index (Phi) is 3.58. The van der Waals surface area contributed by atoms with Crippen LogP contribution in [0.5, 0.6) is 0 Å². The summed E-state index contributed by atoms with van der Waals surface area (Å²) in [7, 11) is 0. The highest BCUT2D eigenvalue weighted by Gasteiger charge is 2.10. The van der Waals surface area contributed by atoms with Crippen LogP contribution in [0.25, 0.3) is 0 Å². The molecule has 0 spiro atoms. The zero-order valence-electron chi connectivity index (χ0n) is 8.51. The van der Waals surface area contributed by atoms with Crippen molar-refractivity contribution in [1.82, 2.24) is 0 Å². The molecule has 0 heterocycles. The molecule has 0 N–H and O–H groups in total. The zero-order chi connectivity index (χ0) is 8.97. The van der Waals surface area contributed by atoms with Crippen molar-refractivity contribution < 1.29 is 0 Å². The topological polar surface area (TPSA) is 0 Å². The van der Waals surface area contributed by atoms with Gasteiger partial charge in [0.1, 0.15) is 0 Å². The SMILES string of the molecule is CC(C)C[C@@H](C)C1=CC=CCC1. The van der Waals surface area contributed by atoms with Crippen molar-refractivity contribution >= 4 is 0 Å². The van der Waals surface area contributed by atoms with Crippen LogP contribution in [-0.4, -0.2) is 0 Å². The normalized spacial score (nSPS) is 19.5. The van der Waals surface area contributed by atoms with Crippen molar-refractivity contribution in [2.45, 2.75) is 40.0 Å². The Balaban J connectivity index is 2.45. The second-order valence-electron chi connectivity index (χ2n) is 4.24. The van der Waals surface area contributed by atoms with Gasteiger partial charge in [0, 0.05) is 0 Å². The molecule has 0 aliphatic heterocycles. The predicted molar refractivity (Wildman–Crippen MR) is 55.1 cm³/mol. The minimum absolute atomic E-state index is 0.787. The molecule has 0 radical (unpaired) electrons. The van der Waals surface area contributed by atoms with Crippen molar-refractivity contribution in [2.75, 3.05) is 0 Å². The Morgan fingerprint density at radius 3 is 2.58 bits per heavy atom. The second kappa shape index (κ2) is 4.49. The van der Waals surface area contributed by atoms with E-state index in [-0.39, 0.29) is 0 Å². The molecule has 0 amide bonds. The minimum atomic E-state index is 0.787. The molecule has 0 heteroatoms. The molecule has 0 aromatic heterocycles. The summed E-state index contributed by atoms with van der Waals surface area (Å²) in [6.45, 7) is 6.95. The summed E-state index contributed by atoms with van der Waals surface area (Å²) in [6.07, 6.45) is 10.6. The van der Waals surface area contributed by atoms with Crippen molar-refractivity contribution in [3.63, 3.8) is 0 Å². The third-order valence-electron chi connectivity index (χ3n) is 2.50. The van der Waals surface area contributed by atoms with Crippen LogP contribution in [0.2, 0.25) is 0 Å². The number of allylic oxidation sites excluding steroid dienone is 4. The molecule has 1 aliphatic carbocycles. The molecule has 0 nitrogen and oxygen atoms in total. The Morgan fingerprint density at radius 1 is 1.33 bits per heavy atom. The van der Waals surface area contributed by atoms with E-state index >= 15 is 0 Å². The van der Waals surface area contributed by atoms with Crippen LogP contribution in [0.1, 0.15) is 40.0 Å². The van der Waals surface area contributed by atoms with Crippen LogP contribution in [-0.2, 0) is 0 Å². The van der Waals surface area contributed by atoms with E-state index < -0.39 is 0 Å². The van der Waals surface area contributed by atoms with Gasteiger partial charge in [-0.1, -0.05) is 44.6 Å². The van der Waals surface area contributed by atoms with Gasteiger partial charge in [-0.2, -0.15) is 0 Å². The fraction of sp³-hybridized carbons (Fsp3) is 0.667. The van der Waals surface area contributed by atoms with Gasteiger partial charge >= 0.3 is 0 Å². The van der Waals surface area contributed by atoms with Crippen molar-refractivity contribution in [3.8, 4) is 0 Å². The number of rotatable bonds is 3. The maximum Gasteiger partial charge on any atom is -0.0226 e. The lowest BCUT2D eigenvalue weighted by atomic mass is 9.87. The van der Waals surface area contributed by atoms with Crippen molar-refractivity contribution in [1.29, 1.82) is 0 Å². The highest BCUT2D eigenvalue weighted by Crippen LogP contribution is 2.25. The van der Waals surface area contributed by atoms with Gasteiger partial charge in [-0.15, -0.1) is 0 Å². The average molecular weight is 164 g/mol. The molecule has 0 saturated heterocycles. The van der Waals surface area contributed by atoms with E-state index in [9.17, 15) is 0 Å². The Bertz CT molecular complexity index is 184. The Hall–Kier alpha value is -0.520. The smallest absolute Gasteiger partial charge is 0.0226 e. The Morgan fingerprint density at radius 2 is 2.08 bits per heavy atom. The summed E-state index contributed by atoms with van der Waals surface area (Å²) >= 11 is 0. The quantitative estimate of drug-likeness (QED) is 0.592. The third kappa shape index (κ3) is 2.84. The monoisotopic (exact) mass is 164 g/mol. The zero-order valence-corrected chi connectivity index (χ0v) is 8.51. The van der Waals surface area contributed by atoms with E-state index in [1.54, 1.807) is 5.57 Å². The average Bonchev–Trinajstić information content (AvgIpc) is 2.05. The van der Waals surface area contributed by atoms with E-state index in [1.807, 2.05) is 0 Å². The van der Waals surface area contributed by atoms with Gasteiger partial charge in [0.05, 0.1) is 0 Å². The summed E-state index contributed by atoms with van der Waals surface area (Å²) < 4.78 is 0. The van der Waals surface area contributed by atoms with E-state index in [1.165, 1.54) is 19.3 Å². The fourth-order valence-electron chi connectivity index (χ4n) is 1.89. The fourth-order valence-corrected chi connectivity index (χ4v) is 1.89. The summed E-state index contributed by atoms with van der Waals surface area (Å²) in [4.78, 5) is 0. The van der Waals surface area contributed by atoms with Crippen molar-refractivity contribution in [3.05, 3.63) is 23.8 Å². The summed E-state index contributed by atoms with van der Waals surface area (Å²) in [5, 5.41) is 0. The van der Waals surface area contributed by atoms with Gasteiger partial charge in [0.25, 0.3) is 0 Å². The van der Waals surface area contributed by atoms with Gasteiger partial charge in [-0.3, -0.25) is 0 Å². The summed E-state index contributed by atoms with van der Waals surface area (Å²) in [5.41, 5.74) is 1.64. The van der Waals surface area contributed by atoms with Gasteiger partial charge in [0.15, 0.2) is 0 Å². The first-order chi connectivity index (χ1) is 5.70. The summed E-state index contributed by atoms with van der Waals surface area (Å²) in [5.74, 6) is 1.61. The molecule has 1 atom stereocenters. The second-order valence-corrected chi connectivity index (χ2v) is 4.24. The first kappa shape index (κ1) is 9.57. The standard InChI is InChI=1S/C12H20/c1-10(2)9-11(3)12-7-5-4-6-8-12/h4-5,7,10-11H,6,8-9H2,1-3H3/t11-/m1/s1. The molecular weight excluding hydrogens is 144 g/mol. The summed E-state index contributed by atoms with van der Waals surface area (Å²) in [6, 6.07) is 0. The van der Waals surface area contributed by atoms with Crippen LogP contribution in [0.3, 0.4) is 0 Å². The van der Waals surface area contributed by atoms with Gasteiger partial charge in [-0.05, 0) is 31.1 Å². The van der Waals surface area contributed by atoms with E-state index in [0.717, 1.165) is 11.8 Å². The molecule has 0 aromatic carbocycles. The molecule has 0 saturated carbocycles. The lowest BCUT2D eigenvalue weighted by Gasteiger charge is -2.18. The molecule has 68 valence electrons. The molecule has 0 unspecified atom stereocenters. The van der Waals surface area contributed by atoms with Crippen LogP contribution >= 0.6 is 0 Å². The molecule has 12 heavy (non-hydrogen) atoms. The number of hydrogen-bond donors (Lipinski definition) is 0. The van der Waals surface area contributed by atoms with Gasteiger partial charge in [-0.25, -0.2) is 0 Å². The van der Waals surface area contributed by atoms with Crippen LogP contribution < -0.4 is 0 Å². The minimum Gasteiger partial charge on any atom is -0.0842 e. The van der Waals surface area contributed by atoms with Crippen molar-refractivity contribution in [2.24, 2.45) is 11.8 Å².